The van der Waals surface area contributed by atoms with Gasteiger partial charge >= 0.3 is 0 Å². The molecule has 0 bridgehead atoms. The lowest BCUT2D eigenvalue weighted by atomic mass is 10.3. The summed E-state index contributed by atoms with van der Waals surface area (Å²) in [7, 11) is 0. The molecule has 0 spiro atoms. The van der Waals surface area contributed by atoms with Crippen LogP contribution in [0.3, 0.4) is 0 Å². The van der Waals surface area contributed by atoms with Crippen molar-refractivity contribution in [3.8, 4) is 10.7 Å². The third-order valence-electron chi connectivity index (χ3n) is 3.39. The summed E-state index contributed by atoms with van der Waals surface area (Å²) in [5, 5.41) is 0.950. The normalized spacial score (nSPS) is 11.7. The van der Waals surface area contributed by atoms with Gasteiger partial charge in [0.2, 0.25) is 0 Å². The molecule has 2 N–H and O–H groups in total. The lowest BCUT2D eigenvalue weighted by Crippen LogP contribution is -2.02. The summed E-state index contributed by atoms with van der Waals surface area (Å²) in [4.78, 5) is 10.5. The number of imidazole rings is 1. The molecule has 21 heavy (non-hydrogen) atoms. The largest absolute Gasteiger partial charge is 0.325 e. The second-order valence-electron chi connectivity index (χ2n) is 5.26. The number of halogens is 1. The Morgan fingerprint density at radius 2 is 2.10 bits per heavy atom. The number of nitrogens with zero attached hydrogens (tertiary/aromatic N) is 3. The number of aryl methyl sites for hydroxylation is 1. The van der Waals surface area contributed by atoms with Crippen molar-refractivity contribution >= 4 is 38.3 Å². The Bertz CT molecular complexity index is 803. The monoisotopic (exact) mass is 364 g/mol. The standard InChI is InChI=1S/C15H17BrN4S/c1-8(2)20-12-5-4-10(16)6-11(12)19-15(20)14-9(3)18-13(7-17)21-14/h4-6,8H,7,17H2,1-3H3. The van der Waals surface area contributed by atoms with E-state index in [0.717, 1.165) is 36.9 Å². The molecule has 0 aliphatic rings. The molecule has 0 amide bonds. The van der Waals surface area contributed by atoms with Crippen LogP contribution in [0.2, 0.25) is 0 Å². The Kier molecular flexibility index (Phi) is 3.86. The van der Waals surface area contributed by atoms with Crippen LogP contribution in [-0.4, -0.2) is 14.5 Å². The van der Waals surface area contributed by atoms with Crippen molar-refractivity contribution < 1.29 is 0 Å². The Morgan fingerprint density at radius 3 is 2.71 bits per heavy atom. The van der Waals surface area contributed by atoms with Gasteiger partial charge in [-0.1, -0.05) is 15.9 Å². The van der Waals surface area contributed by atoms with E-state index in [0.29, 0.717) is 12.6 Å². The molecule has 0 radical (unpaired) electrons. The molecule has 3 aromatic rings. The highest BCUT2D eigenvalue weighted by atomic mass is 79.9. The van der Waals surface area contributed by atoms with Crippen molar-refractivity contribution in [3.05, 3.63) is 33.4 Å². The zero-order chi connectivity index (χ0) is 15.1. The van der Waals surface area contributed by atoms with Gasteiger partial charge in [-0.05, 0) is 39.0 Å². The topological polar surface area (TPSA) is 56.7 Å². The maximum Gasteiger partial charge on any atom is 0.153 e. The summed E-state index contributed by atoms with van der Waals surface area (Å²) in [6.07, 6.45) is 0. The first-order chi connectivity index (χ1) is 10.0. The Hall–Kier alpha value is -1.24. The van der Waals surface area contributed by atoms with Crippen LogP contribution in [0.25, 0.3) is 21.7 Å². The van der Waals surface area contributed by atoms with Gasteiger partial charge in [0.1, 0.15) is 5.01 Å². The fourth-order valence-corrected chi connectivity index (χ4v) is 3.78. The van der Waals surface area contributed by atoms with Crippen molar-refractivity contribution in [1.29, 1.82) is 0 Å². The van der Waals surface area contributed by atoms with Crippen molar-refractivity contribution in [1.82, 2.24) is 14.5 Å². The fourth-order valence-electron chi connectivity index (χ4n) is 2.50. The van der Waals surface area contributed by atoms with Gasteiger partial charge < -0.3 is 10.3 Å². The molecule has 3 rings (SSSR count). The lowest BCUT2D eigenvalue weighted by molar-refractivity contribution is 0.625. The summed E-state index contributed by atoms with van der Waals surface area (Å²) in [6.45, 7) is 6.84. The molecule has 1 aromatic carbocycles. The summed E-state index contributed by atoms with van der Waals surface area (Å²) in [5.41, 5.74) is 8.85. The molecule has 0 fully saturated rings. The molecule has 0 saturated heterocycles. The van der Waals surface area contributed by atoms with Crippen LogP contribution in [0, 0.1) is 6.92 Å². The summed E-state index contributed by atoms with van der Waals surface area (Å²) >= 11 is 5.15. The molecule has 0 unspecified atom stereocenters. The Morgan fingerprint density at radius 1 is 1.33 bits per heavy atom. The Labute approximate surface area is 136 Å². The van der Waals surface area contributed by atoms with Crippen LogP contribution in [0.4, 0.5) is 0 Å². The maximum atomic E-state index is 5.72. The SMILES string of the molecule is Cc1nc(CN)sc1-c1nc2cc(Br)ccc2n1C(C)C. The van der Waals surface area contributed by atoms with Gasteiger partial charge in [0.25, 0.3) is 0 Å². The number of fused-ring (bicyclic) bond motifs is 1. The second kappa shape index (κ2) is 5.51. The number of hydrogen-bond acceptors (Lipinski definition) is 4. The molecular weight excluding hydrogens is 348 g/mol. The van der Waals surface area contributed by atoms with Crippen molar-refractivity contribution in [3.63, 3.8) is 0 Å². The maximum absolute atomic E-state index is 5.72. The zero-order valence-corrected chi connectivity index (χ0v) is 14.6. The van der Waals surface area contributed by atoms with Crippen molar-refractivity contribution in [2.75, 3.05) is 0 Å². The van der Waals surface area contributed by atoms with Crippen molar-refractivity contribution in [2.45, 2.75) is 33.4 Å². The van der Waals surface area contributed by atoms with Crippen LogP contribution in [0.1, 0.15) is 30.6 Å². The first-order valence-electron chi connectivity index (χ1n) is 6.85. The number of nitrogens with two attached hydrogens (primary N) is 1. The van der Waals surface area contributed by atoms with Crippen LogP contribution in [0.5, 0.6) is 0 Å². The number of rotatable bonds is 3. The molecule has 110 valence electrons. The number of aromatic nitrogens is 3. The third-order valence-corrected chi connectivity index (χ3v) is 5.06. The second-order valence-corrected chi connectivity index (χ2v) is 7.26. The highest BCUT2D eigenvalue weighted by Crippen LogP contribution is 2.34. The molecule has 6 heteroatoms. The fraction of sp³-hybridized carbons (Fsp3) is 0.333. The zero-order valence-electron chi connectivity index (χ0n) is 12.2. The molecule has 4 nitrogen and oxygen atoms in total. The van der Waals surface area contributed by atoms with Crippen LogP contribution >= 0.6 is 27.3 Å². The summed E-state index contributed by atoms with van der Waals surface area (Å²) in [6, 6.07) is 6.54. The minimum atomic E-state index is 0.328. The molecular formula is C15H17BrN4S. The molecule has 2 heterocycles. The van der Waals surface area contributed by atoms with Gasteiger partial charge in [-0.3, -0.25) is 0 Å². The van der Waals surface area contributed by atoms with Gasteiger partial charge in [-0.25, -0.2) is 9.97 Å². The summed E-state index contributed by atoms with van der Waals surface area (Å²) in [5.74, 6) is 0.979. The quantitative estimate of drug-likeness (QED) is 0.754. The lowest BCUT2D eigenvalue weighted by Gasteiger charge is -2.12. The van der Waals surface area contributed by atoms with E-state index in [2.05, 4.69) is 57.5 Å². The van der Waals surface area contributed by atoms with E-state index in [-0.39, 0.29) is 0 Å². The van der Waals surface area contributed by atoms with Crippen molar-refractivity contribution in [2.24, 2.45) is 5.73 Å². The molecule has 0 atom stereocenters. The average Bonchev–Trinajstić information content (AvgIpc) is 2.98. The average molecular weight is 365 g/mol. The predicted molar refractivity (Wildman–Crippen MR) is 91.6 cm³/mol. The Balaban J connectivity index is 2.30. The van der Waals surface area contributed by atoms with E-state index in [1.807, 2.05) is 6.92 Å². The van der Waals surface area contributed by atoms with Gasteiger partial charge in [-0.2, -0.15) is 0 Å². The molecule has 0 aliphatic carbocycles. The van der Waals surface area contributed by atoms with Crippen LogP contribution in [-0.2, 0) is 6.54 Å². The summed E-state index contributed by atoms with van der Waals surface area (Å²) < 4.78 is 3.31. The van der Waals surface area contributed by atoms with E-state index in [1.165, 1.54) is 0 Å². The molecule has 2 aromatic heterocycles. The third kappa shape index (κ3) is 2.52. The van der Waals surface area contributed by atoms with Crippen LogP contribution in [0.15, 0.2) is 22.7 Å². The highest BCUT2D eigenvalue weighted by Gasteiger charge is 2.19. The number of hydrogen-bond donors (Lipinski definition) is 1. The minimum absolute atomic E-state index is 0.328. The van der Waals surface area contributed by atoms with Gasteiger partial charge in [-0.15, -0.1) is 11.3 Å². The first kappa shape index (κ1) is 14.7. The van der Waals surface area contributed by atoms with E-state index in [1.54, 1.807) is 11.3 Å². The van der Waals surface area contributed by atoms with E-state index < -0.39 is 0 Å². The molecule has 0 saturated carbocycles. The highest BCUT2D eigenvalue weighted by molar-refractivity contribution is 9.10. The minimum Gasteiger partial charge on any atom is -0.325 e. The van der Waals surface area contributed by atoms with E-state index in [4.69, 9.17) is 10.7 Å². The van der Waals surface area contributed by atoms with Gasteiger partial charge in [0.05, 0.1) is 21.6 Å². The number of benzene rings is 1. The number of thiazole rings is 1. The van der Waals surface area contributed by atoms with Gasteiger partial charge in [0.15, 0.2) is 5.82 Å². The van der Waals surface area contributed by atoms with E-state index >= 15 is 0 Å². The van der Waals surface area contributed by atoms with Crippen LogP contribution < -0.4 is 5.73 Å². The molecule has 0 aliphatic heterocycles. The van der Waals surface area contributed by atoms with E-state index in [9.17, 15) is 0 Å². The smallest absolute Gasteiger partial charge is 0.153 e. The predicted octanol–water partition coefficient (Wildman–Crippen LogP) is 4.27. The van der Waals surface area contributed by atoms with Gasteiger partial charge in [0, 0.05) is 17.1 Å². The first-order valence-corrected chi connectivity index (χ1v) is 8.46.